The van der Waals surface area contributed by atoms with Crippen LogP contribution in [0.1, 0.15) is 25.7 Å². The summed E-state index contributed by atoms with van der Waals surface area (Å²) in [5.41, 5.74) is 5.32. The summed E-state index contributed by atoms with van der Waals surface area (Å²) in [6.45, 7) is 0.161. The number of carbonyl (C=O) groups is 1. The van der Waals surface area contributed by atoms with Crippen LogP contribution in [0.15, 0.2) is 0 Å². The molecule has 0 amide bonds. The van der Waals surface area contributed by atoms with E-state index in [-0.39, 0.29) is 12.5 Å². The van der Waals surface area contributed by atoms with E-state index in [0.717, 1.165) is 19.3 Å². The van der Waals surface area contributed by atoms with E-state index in [0.29, 0.717) is 6.42 Å². The first-order valence-electron chi connectivity index (χ1n) is 4.77. The molecule has 1 saturated carbocycles. The van der Waals surface area contributed by atoms with Crippen molar-refractivity contribution < 1.29 is 15.0 Å². The van der Waals surface area contributed by atoms with Gasteiger partial charge >= 0.3 is 5.97 Å². The third kappa shape index (κ3) is 2.42. The molecular formula is C9H17NO3. The average molecular weight is 187 g/mol. The van der Waals surface area contributed by atoms with E-state index in [2.05, 4.69) is 0 Å². The molecular weight excluding hydrogens is 170 g/mol. The van der Waals surface area contributed by atoms with E-state index in [4.69, 9.17) is 10.8 Å². The van der Waals surface area contributed by atoms with Crippen molar-refractivity contribution >= 4 is 5.97 Å². The molecule has 1 aliphatic carbocycles. The first-order chi connectivity index (χ1) is 6.16. The molecule has 0 aromatic carbocycles. The minimum Gasteiger partial charge on any atom is -0.481 e. The lowest BCUT2D eigenvalue weighted by Gasteiger charge is -2.31. The van der Waals surface area contributed by atoms with Crippen LogP contribution in [0.4, 0.5) is 0 Å². The number of carboxylic acid groups (broad SMARTS) is 1. The van der Waals surface area contributed by atoms with Crippen molar-refractivity contribution in [3.8, 4) is 0 Å². The number of nitrogens with two attached hydrogens (primary N) is 1. The predicted molar refractivity (Wildman–Crippen MR) is 48.1 cm³/mol. The predicted octanol–water partition coefficient (Wildman–Crippen LogP) is 0.197. The summed E-state index contributed by atoms with van der Waals surface area (Å²) in [6, 6.07) is 0. The van der Waals surface area contributed by atoms with Crippen LogP contribution in [0.2, 0.25) is 0 Å². The lowest BCUT2D eigenvalue weighted by Crippen LogP contribution is -2.39. The van der Waals surface area contributed by atoms with Crippen molar-refractivity contribution in [2.24, 2.45) is 17.6 Å². The highest BCUT2D eigenvalue weighted by Gasteiger charge is 2.34. The molecule has 13 heavy (non-hydrogen) atoms. The van der Waals surface area contributed by atoms with Crippen LogP contribution in [0.5, 0.6) is 0 Å². The summed E-state index contributed by atoms with van der Waals surface area (Å²) in [6.07, 6.45) is 2.77. The van der Waals surface area contributed by atoms with E-state index in [1.165, 1.54) is 0 Å². The summed E-state index contributed by atoms with van der Waals surface area (Å²) in [4.78, 5) is 10.8. The number of rotatable bonds is 3. The van der Waals surface area contributed by atoms with E-state index in [9.17, 15) is 9.90 Å². The maximum atomic E-state index is 10.8. The van der Waals surface area contributed by atoms with Gasteiger partial charge in [-0.3, -0.25) is 4.79 Å². The number of hydrogen-bond donors (Lipinski definition) is 3. The van der Waals surface area contributed by atoms with E-state index >= 15 is 0 Å². The zero-order valence-corrected chi connectivity index (χ0v) is 7.65. The Bertz CT molecular complexity index is 184. The van der Waals surface area contributed by atoms with E-state index in [1.54, 1.807) is 0 Å². The fourth-order valence-electron chi connectivity index (χ4n) is 2.10. The largest absolute Gasteiger partial charge is 0.481 e. The van der Waals surface area contributed by atoms with Crippen molar-refractivity contribution in [2.45, 2.75) is 31.8 Å². The van der Waals surface area contributed by atoms with Gasteiger partial charge in [0.15, 0.2) is 0 Å². The monoisotopic (exact) mass is 187 g/mol. The van der Waals surface area contributed by atoms with Gasteiger partial charge in [0.1, 0.15) is 0 Å². The van der Waals surface area contributed by atoms with Crippen LogP contribution in [0, 0.1) is 11.8 Å². The highest BCUT2D eigenvalue weighted by atomic mass is 16.4. The third-order valence-corrected chi connectivity index (χ3v) is 2.87. The van der Waals surface area contributed by atoms with Gasteiger partial charge in [0.25, 0.3) is 0 Å². The Kier molecular flexibility index (Phi) is 3.69. The summed E-state index contributed by atoms with van der Waals surface area (Å²) in [5, 5.41) is 18.4. The molecule has 0 bridgehead atoms. The van der Waals surface area contributed by atoms with Gasteiger partial charge in [-0.2, -0.15) is 0 Å². The Balaban J connectivity index is 2.61. The molecule has 0 saturated heterocycles. The molecule has 1 unspecified atom stereocenters. The molecule has 1 fully saturated rings. The van der Waals surface area contributed by atoms with Crippen LogP contribution in [0.3, 0.4) is 0 Å². The Hall–Kier alpha value is -0.610. The molecule has 1 rings (SSSR count). The first-order valence-corrected chi connectivity index (χ1v) is 4.77. The number of carboxylic acids is 1. The standard InChI is InChI=1S/C9H17NO3/c10-5-8(11)6-3-1-2-4-7(6)9(12)13/h6-8,11H,1-5,10H2,(H,12,13)/t6-,7-,8?/m1/s1. The molecule has 76 valence electrons. The van der Waals surface area contributed by atoms with E-state index < -0.39 is 18.0 Å². The minimum atomic E-state index is -0.794. The summed E-state index contributed by atoms with van der Waals surface area (Å²) < 4.78 is 0. The molecule has 0 aromatic heterocycles. The molecule has 4 nitrogen and oxygen atoms in total. The van der Waals surface area contributed by atoms with Gasteiger partial charge in [-0.15, -0.1) is 0 Å². The van der Waals surface area contributed by atoms with Crippen LogP contribution in [-0.4, -0.2) is 28.8 Å². The van der Waals surface area contributed by atoms with Crippen molar-refractivity contribution in [1.82, 2.24) is 0 Å². The van der Waals surface area contributed by atoms with E-state index in [1.807, 2.05) is 0 Å². The fraction of sp³-hybridized carbons (Fsp3) is 0.889. The summed E-state index contributed by atoms with van der Waals surface area (Å²) in [7, 11) is 0. The number of aliphatic hydroxyl groups is 1. The zero-order chi connectivity index (χ0) is 9.84. The summed E-state index contributed by atoms with van der Waals surface area (Å²) in [5.74, 6) is -1.33. The van der Waals surface area contributed by atoms with Gasteiger partial charge in [0.05, 0.1) is 12.0 Å². The van der Waals surface area contributed by atoms with Crippen molar-refractivity contribution in [1.29, 1.82) is 0 Å². The van der Waals surface area contributed by atoms with Gasteiger partial charge in [0, 0.05) is 6.54 Å². The molecule has 0 radical (unpaired) electrons. The smallest absolute Gasteiger partial charge is 0.306 e. The molecule has 0 heterocycles. The quantitative estimate of drug-likeness (QED) is 0.589. The highest BCUT2D eigenvalue weighted by Crippen LogP contribution is 2.32. The maximum Gasteiger partial charge on any atom is 0.306 e. The molecule has 3 atom stereocenters. The van der Waals surface area contributed by atoms with Crippen LogP contribution < -0.4 is 5.73 Å². The fourth-order valence-corrected chi connectivity index (χ4v) is 2.10. The van der Waals surface area contributed by atoms with Gasteiger partial charge < -0.3 is 15.9 Å². The molecule has 0 spiro atoms. The van der Waals surface area contributed by atoms with Gasteiger partial charge in [0.2, 0.25) is 0 Å². The molecule has 4 heteroatoms. The van der Waals surface area contributed by atoms with Gasteiger partial charge in [-0.05, 0) is 18.8 Å². The Morgan fingerprint density at radius 2 is 2.08 bits per heavy atom. The van der Waals surface area contributed by atoms with Crippen molar-refractivity contribution in [3.63, 3.8) is 0 Å². The van der Waals surface area contributed by atoms with Crippen LogP contribution in [0.25, 0.3) is 0 Å². The molecule has 0 aromatic rings. The second kappa shape index (κ2) is 4.58. The second-order valence-electron chi connectivity index (χ2n) is 3.70. The van der Waals surface area contributed by atoms with Crippen LogP contribution >= 0.6 is 0 Å². The highest BCUT2D eigenvalue weighted by molar-refractivity contribution is 5.70. The van der Waals surface area contributed by atoms with Crippen molar-refractivity contribution in [3.05, 3.63) is 0 Å². The Morgan fingerprint density at radius 1 is 1.46 bits per heavy atom. The Labute approximate surface area is 77.7 Å². The maximum absolute atomic E-state index is 10.8. The Morgan fingerprint density at radius 3 is 2.62 bits per heavy atom. The number of aliphatic hydroxyl groups excluding tert-OH is 1. The molecule has 4 N–H and O–H groups in total. The lowest BCUT2D eigenvalue weighted by molar-refractivity contribution is -0.147. The number of hydrogen-bond acceptors (Lipinski definition) is 3. The first kappa shape index (κ1) is 10.5. The summed E-state index contributed by atoms with van der Waals surface area (Å²) >= 11 is 0. The number of aliphatic carboxylic acids is 1. The third-order valence-electron chi connectivity index (χ3n) is 2.87. The molecule has 0 aliphatic heterocycles. The van der Waals surface area contributed by atoms with Gasteiger partial charge in [-0.1, -0.05) is 12.8 Å². The SMILES string of the molecule is NCC(O)[C@@H]1CCCC[C@H]1C(=O)O. The minimum absolute atomic E-state index is 0.142. The zero-order valence-electron chi connectivity index (χ0n) is 7.65. The average Bonchev–Trinajstić information content (AvgIpc) is 2.16. The van der Waals surface area contributed by atoms with Gasteiger partial charge in [-0.25, -0.2) is 0 Å². The topological polar surface area (TPSA) is 83.5 Å². The molecule has 1 aliphatic rings. The second-order valence-corrected chi connectivity index (χ2v) is 3.70. The lowest BCUT2D eigenvalue weighted by atomic mass is 9.76. The normalized spacial score (nSPS) is 31.2. The van der Waals surface area contributed by atoms with Crippen molar-refractivity contribution in [2.75, 3.05) is 6.54 Å². The van der Waals surface area contributed by atoms with Crippen LogP contribution in [-0.2, 0) is 4.79 Å².